The Morgan fingerprint density at radius 3 is 2.83 bits per heavy atom. The molecule has 1 aliphatic rings. The van der Waals surface area contributed by atoms with Gasteiger partial charge < -0.3 is 24.8 Å². The van der Waals surface area contributed by atoms with Crippen LogP contribution in [0.4, 0.5) is 0 Å². The smallest absolute Gasteiger partial charge is 0.194 e. The maximum atomic E-state index is 9.35. The molecule has 134 valence electrons. The molecule has 6 nitrogen and oxygen atoms in total. The van der Waals surface area contributed by atoms with Crippen molar-refractivity contribution in [2.24, 2.45) is 10.9 Å². The van der Waals surface area contributed by atoms with Crippen LogP contribution in [0.25, 0.3) is 0 Å². The van der Waals surface area contributed by atoms with Crippen LogP contribution in [0.2, 0.25) is 0 Å². The molecule has 2 rings (SSSR count). The van der Waals surface area contributed by atoms with Gasteiger partial charge in [-0.1, -0.05) is 12.1 Å². The Balaban J connectivity index is 1.85. The first-order valence-corrected chi connectivity index (χ1v) is 8.60. The number of rotatable bonds is 8. The van der Waals surface area contributed by atoms with Crippen molar-refractivity contribution in [3.8, 4) is 5.75 Å². The lowest BCUT2D eigenvalue weighted by atomic mass is 10.1. The van der Waals surface area contributed by atoms with Gasteiger partial charge in [0, 0.05) is 32.7 Å². The van der Waals surface area contributed by atoms with Crippen molar-refractivity contribution in [1.29, 1.82) is 0 Å². The van der Waals surface area contributed by atoms with E-state index in [1.165, 1.54) is 0 Å². The Bertz CT molecular complexity index is 505. The summed E-state index contributed by atoms with van der Waals surface area (Å²) >= 11 is 0. The van der Waals surface area contributed by atoms with Crippen LogP contribution in [0, 0.1) is 5.92 Å². The van der Waals surface area contributed by atoms with E-state index in [1.807, 2.05) is 12.1 Å². The van der Waals surface area contributed by atoms with Crippen LogP contribution < -0.4 is 5.32 Å². The lowest BCUT2D eigenvalue weighted by Crippen LogP contribution is -2.40. The molecule has 2 N–H and O–H groups in total. The van der Waals surface area contributed by atoms with Crippen molar-refractivity contribution in [2.75, 3.05) is 46.6 Å². The molecule has 1 saturated heterocycles. The summed E-state index contributed by atoms with van der Waals surface area (Å²) in [5, 5.41) is 12.7. The maximum absolute atomic E-state index is 9.35. The van der Waals surface area contributed by atoms with E-state index in [4.69, 9.17) is 14.5 Å². The van der Waals surface area contributed by atoms with Gasteiger partial charge in [0.25, 0.3) is 0 Å². The number of aromatic hydroxyl groups is 1. The van der Waals surface area contributed by atoms with E-state index in [9.17, 15) is 5.11 Å². The van der Waals surface area contributed by atoms with E-state index >= 15 is 0 Å². The number of nitrogens with zero attached hydrogens (tertiary/aromatic N) is 2. The summed E-state index contributed by atoms with van der Waals surface area (Å²) in [7, 11) is 1.69. The Morgan fingerprint density at radius 1 is 1.33 bits per heavy atom. The first-order valence-electron chi connectivity index (χ1n) is 8.60. The first-order chi connectivity index (χ1) is 11.7. The van der Waals surface area contributed by atoms with Crippen molar-refractivity contribution in [2.45, 2.75) is 19.9 Å². The molecule has 0 bridgehead atoms. The number of guanidine groups is 1. The molecule has 6 heteroatoms. The second-order valence-electron chi connectivity index (χ2n) is 6.01. The largest absolute Gasteiger partial charge is 0.508 e. The summed E-state index contributed by atoms with van der Waals surface area (Å²) in [4.78, 5) is 7.03. The fourth-order valence-electron chi connectivity index (χ4n) is 2.75. The number of hydrogen-bond acceptors (Lipinski definition) is 4. The van der Waals surface area contributed by atoms with E-state index in [1.54, 1.807) is 19.2 Å². The molecule has 1 aromatic carbocycles. The number of benzene rings is 1. The Morgan fingerprint density at radius 2 is 2.12 bits per heavy atom. The number of ether oxygens (including phenoxy) is 2. The second kappa shape index (κ2) is 10.2. The van der Waals surface area contributed by atoms with Gasteiger partial charge in [0.1, 0.15) is 5.75 Å². The van der Waals surface area contributed by atoms with Crippen LogP contribution in [-0.4, -0.2) is 62.5 Å². The number of nitrogens with one attached hydrogen (secondary N) is 1. The van der Waals surface area contributed by atoms with E-state index in [-0.39, 0.29) is 5.75 Å². The average molecular weight is 335 g/mol. The van der Waals surface area contributed by atoms with Gasteiger partial charge in [0.15, 0.2) is 5.96 Å². The molecule has 0 aromatic heterocycles. The van der Waals surface area contributed by atoms with Crippen LogP contribution in [0.5, 0.6) is 5.75 Å². The fourth-order valence-corrected chi connectivity index (χ4v) is 2.75. The van der Waals surface area contributed by atoms with Crippen LogP contribution in [-0.2, 0) is 16.0 Å². The SMILES string of the molecule is CCNC(=NCc1ccc(O)cc1)N1CCC(COCCOC)C1. The predicted octanol–water partition coefficient (Wildman–Crippen LogP) is 1.84. The normalized spacial score (nSPS) is 18.2. The highest BCUT2D eigenvalue weighted by Gasteiger charge is 2.24. The minimum atomic E-state index is 0.283. The van der Waals surface area contributed by atoms with Crippen LogP contribution in [0.3, 0.4) is 0 Å². The van der Waals surface area contributed by atoms with E-state index in [0.29, 0.717) is 25.7 Å². The lowest BCUT2D eigenvalue weighted by Gasteiger charge is -2.21. The van der Waals surface area contributed by atoms with Gasteiger partial charge >= 0.3 is 0 Å². The number of phenols is 1. The van der Waals surface area contributed by atoms with Gasteiger partial charge in [-0.05, 0) is 31.0 Å². The molecular weight excluding hydrogens is 306 g/mol. The lowest BCUT2D eigenvalue weighted by molar-refractivity contribution is 0.0536. The molecule has 1 unspecified atom stereocenters. The van der Waals surface area contributed by atoms with Gasteiger partial charge in [-0.3, -0.25) is 0 Å². The van der Waals surface area contributed by atoms with Crippen LogP contribution in [0.1, 0.15) is 18.9 Å². The van der Waals surface area contributed by atoms with Crippen LogP contribution in [0.15, 0.2) is 29.3 Å². The molecule has 0 amide bonds. The Kier molecular flexibility index (Phi) is 7.85. The third kappa shape index (κ3) is 6.02. The Labute approximate surface area is 144 Å². The van der Waals surface area contributed by atoms with Gasteiger partial charge in [-0.15, -0.1) is 0 Å². The zero-order valence-electron chi connectivity index (χ0n) is 14.7. The highest BCUT2D eigenvalue weighted by molar-refractivity contribution is 5.80. The number of aliphatic imine (C=N–C) groups is 1. The molecule has 24 heavy (non-hydrogen) atoms. The molecular formula is C18H29N3O3. The molecule has 1 atom stereocenters. The quantitative estimate of drug-likeness (QED) is 0.431. The van der Waals surface area contributed by atoms with Gasteiger partial charge in [-0.25, -0.2) is 4.99 Å². The summed E-state index contributed by atoms with van der Waals surface area (Å²) < 4.78 is 10.6. The molecule has 1 aromatic rings. The molecule has 1 heterocycles. The van der Waals surface area contributed by atoms with Crippen LogP contribution >= 0.6 is 0 Å². The van der Waals surface area contributed by atoms with E-state index in [2.05, 4.69) is 17.1 Å². The average Bonchev–Trinajstić information content (AvgIpc) is 3.06. The zero-order chi connectivity index (χ0) is 17.2. The highest BCUT2D eigenvalue weighted by Crippen LogP contribution is 2.17. The molecule has 0 aliphatic carbocycles. The van der Waals surface area contributed by atoms with Crippen molar-refractivity contribution in [3.63, 3.8) is 0 Å². The molecule has 0 spiro atoms. The number of hydrogen-bond donors (Lipinski definition) is 2. The monoisotopic (exact) mass is 335 g/mol. The summed E-state index contributed by atoms with van der Waals surface area (Å²) in [6.07, 6.45) is 1.12. The maximum Gasteiger partial charge on any atom is 0.194 e. The van der Waals surface area contributed by atoms with Crippen molar-refractivity contribution in [1.82, 2.24) is 10.2 Å². The zero-order valence-corrected chi connectivity index (χ0v) is 14.7. The third-order valence-corrected chi connectivity index (χ3v) is 4.05. The van der Waals surface area contributed by atoms with Gasteiger partial charge in [0.2, 0.25) is 0 Å². The van der Waals surface area contributed by atoms with E-state index in [0.717, 1.165) is 44.2 Å². The standard InChI is InChI=1S/C18H29N3O3/c1-3-19-18(20-12-15-4-6-17(22)7-5-15)21-9-8-16(13-21)14-24-11-10-23-2/h4-7,16,22H,3,8-14H2,1-2H3,(H,19,20). The first kappa shape index (κ1) is 18.5. The molecule has 0 radical (unpaired) electrons. The fraction of sp³-hybridized carbons (Fsp3) is 0.611. The third-order valence-electron chi connectivity index (χ3n) is 4.05. The summed E-state index contributed by atoms with van der Waals surface area (Å²) in [5.74, 6) is 1.77. The molecule has 1 aliphatic heterocycles. The predicted molar refractivity (Wildman–Crippen MR) is 95.3 cm³/mol. The minimum absolute atomic E-state index is 0.283. The minimum Gasteiger partial charge on any atom is -0.508 e. The second-order valence-corrected chi connectivity index (χ2v) is 6.01. The molecule has 1 fully saturated rings. The van der Waals surface area contributed by atoms with Crippen molar-refractivity contribution >= 4 is 5.96 Å². The number of likely N-dealkylation sites (tertiary alicyclic amines) is 1. The molecule has 0 saturated carbocycles. The highest BCUT2D eigenvalue weighted by atomic mass is 16.5. The van der Waals surface area contributed by atoms with Gasteiger partial charge in [-0.2, -0.15) is 0 Å². The van der Waals surface area contributed by atoms with Crippen molar-refractivity contribution < 1.29 is 14.6 Å². The van der Waals surface area contributed by atoms with E-state index < -0.39 is 0 Å². The Hall–Kier alpha value is -1.79. The summed E-state index contributed by atoms with van der Waals surface area (Å²) in [6.45, 7) is 7.58. The van der Waals surface area contributed by atoms with Gasteiger partial charge in [0.05, 0.1) is 26.4 Å². The topological polar surface area (TPSA) is 66.3 Å². The number of methoxy groups -OCH3 is 1. The van der Waals surface area contributed by atoms with Crippen molar-refractivity contribution in [3.05, 3.63) is 29.8 Å². The number of phenolic OH excluding ortho intramolecular Hbond substituents is 1. The summed E-state index contributed by atoms with van der Waals surface area (Å²) in [5.41, 5.74) is 1.09. The summed E-state index contributed by atoms with van der Waals surface area (Å²) in [6, 6.07) is 7.19.